The molecule has 1 aromatic carbocycles. The summed E-state index contributed by atoms with van der Waals surface area (Å²) in [6.07, 6.45) is 1.96. The summed E-state index contributed by atoms with van der Waals surface area (Å²) in [7, 11) is 0. The van der Waals surface area contributed by atoms with Crippen LogP contribution in [-0.2, 0) is 0 Å². The molecule has 21 heavy (non-hydrogen) atoms. The summed E-state index contributed by atoms with van der Waals surface area (Å²) in [6, 6.07) is 13.6. The first-order valence-electron chi connectivity index (χ1n) is 6.62. The molecular formula is C15H15ClN4S. The highest BCUT2D eigenvalue weighted by Crippen LogP contribution is 2.36. The molecule has 0 radical (unpaired) electrons. The van der Waals surface area contributed by atoms with Gasteiger partial charge in [-0.2, -0.15) is 0 Å². The lowest BCUT2D eigenvalue weighted by atomic mass is 10.1. The van der Waals surface area contributed by atoms with Gasteiger partial charge in [0.05, 0.1) is 5.25 Å². The fourth-order valence-electron chi connectivity index (χ4n) is 2.14. The second-order valence-corrected chi connectivity index (χ2v) is 6.41. The molecule has 0 aliphatic heterocycles. The molecule has 2 N–H and O–H groups in total. The predicted molar refractivity (Wildman–Crippen MR) is 86.7 cm³/mol. The van der Waals surface area contributed by atoms with E-state index in [2.05, 4.69) is 10.2 Å². The Balaban J connectivity index is 1.94. The van der Waals surface area contributed by atoms with Crippen LogP contribution in [0.25, 0.3) is 5.65 Å². The quantitative estimate of drug-likeness (QED) is 0.747. The molecule has 4 nitrogen and oxygen atoms in total. The molecule has 2 unspecified atom stereocenters. The summed E-state index contributed by atoms with van der Waals surface area (Å²) >= 11 is 7.57. The van der Waals surface area contributed by atoms with Crippen molar-refractivity contribution in [3.05, 3.63) is 59.2 Å². The first kappa shape index (κ1) is 14.4. The lowest BCUT2D eigenvalue weighted by Crippen LogP contribution is -2.22. The Hall–Kier alpha value is -1.56. The van der Waals surface area contributed by atoms with Crippen molar-refractivity contribution in [3.8, 4) is 0 Å². The second-order valence-electron chi connectivity index (χ2n) is 4.86. The topological polar surface area (TPSA) is 56.2 Å². The molecule has 0 spiro atoms. The Bertz CT molecular complexity index is 739. The highest BCUT2D eigenvalue weighted by Gasteiger charge is 2.20. The van der Waals surface area contributed by atoms with Gasteiger partial charge in [-0.15, -0.1) is 10.2 Å². The lowest BCUT2D eigenvalue weighted by molar-refractivity contribution is 0.717. The molecule has 3 aromatic rings. The maximum atomic E-state index is 6.16. The third kappa shape index (κ3) is 3.05. The van der Waals surface area contributed by atoms with Crippen LogP contribution in [0.3, 0.4) is 0 Å². The van der Waals surface area contributed by atoms with E-state index in [9.17, 15) is 0 Å². The number of fused-ring (bicyclic) bond motifs is 1. The summed E-state index contributed by atoms with van der Waals surface area (Å²) in [5.41, 5.74) is 8.12. The Morgan fingerprint density at radius 3 is 2.62 bits per heavy atom. The standard InChI is InChI=1S/C15H15ClN4S/c1-10(17)14(11-5-7-12(16)8-6-11)21-15-19-18-13-4-2-3-9-20(13)15/h2-10,14H,17H2,1H3. The Kier molecular flexibility index (Phi) is 4.14. The van der Waals surface area contributed by atoms with Crippen LogP contribution in [0.15, 0.2) is 53.8 Å². The van der Waals surface area contributed by atoms with Gasteiger partial charge in [-0.3, -0.25) is 4.40 Å². The largest absolute Gasteiger partial charge is 0.327 e. The number of benzene rings is 1. The van der Waals surface area contributed by atoms with E-state index < -0.39 is 0 Å². The van der Waals surface area contributed by atoms with Crippen LogP contribution in [-0.4, -0.2) is 20.6 Å². The third-order valence-electron chi connectivity index (χ3n) is 3.19. The Morgan fingerprint density at radius 2 is 1.90 bits per heavy atom. The minimum Gasteiger partial charge on any atom is -0.327 e. The number of hydrogen-bond acceptors (Lipinski definition) is 4. The van der Waals surface area contributed by atoms with Crippen molar-refractivity contribution in [1.29, 1.82) is 0 Å². The van der Waals surface area contributed by atoms with E-state index in [0.29, 0.717) is 0 Å². The van der Waals surface area contributed by atoms with Gasteiger partial charge in [0.25, 0.3) is 0 Å². The highest BCUT2D eigenvalue weighted by atomic mass is 35.5. The smallest absolute Gasteiger partial charge is 0.196 e. The predicted octanol–water partition coefficient (Wildman–Crippen LogP) is 3.56. The number of nitrogens with two attached hydrogens (primary N) is 1. The van der Waals surface area contributed by atoms with Crippen LogP contribution in [0.4, 0.5) is 0 Å². The van der Waals surface area contributed by atoms with Crippen molar-refractivity contribution in [1.82, 2.24) is 14.6 Å². The van der Waals surface area contributed by atoms with Crippen molar-refractivity contribution in [2.45, 2.75) is 23.4 Å². The molecular weight excluding hydrogens is 304 g/mol. The normalized spacial score (nSPS) is 14.2. The van der Waals surface area contributed by atoms with Gasteiger partial charge < -0.3 is 5.73 Å². The number of rotatable bonds is 4. The number of halogens is 1. The molecule has 0 aliphatic rings. The van der Waals surface area contributed by atoms with Gasteiger partial charge in [-0.05, 0) is 36.8 Å². The summed E-state index contributed by atoms with van der Waals surface area (Å²) in [4.78, 5) is 0. The fraction of sp³-hybridized carbons (Fsp3) is 0.200. The molecule has 0 fully saturated rings. The van der Waals surface area contributed by atoms with Gasteiger partial charge in [-0.25, -0.2) is 0 Å². The Morgan fingerprint density at radius 1 is 1.14 bits per heavy atom. The number of thioether (sulfide) groups is 1. The minimum absolute atomic E-state index is 0.0211. The zero-order valence-corrected chi connectivity index (χ0v) is 13.1. The van der Waals surface area contributed by atoms with Crippen LogP contribution in [0.2, 0.25) is 5.02 Å². The second kappa shape index (κ2) is 6.05. The molecule has 0 aliphatic carbocycles. The zero-order valence-electron chi connectivity index (χ0n) is 11.5. The van der Waals surface area contributed by atoms with E-state index in [4.69, 9.17) is 17.3 Å². The van der Waals surface area contributed by atoms with E-state index in [-0.39, 0.29) is 11.3 Å². The lowest BCUT2D eigenvalue weighted by Gasteiger charge is -2.19. The molecule has 108 valence electrons. The molecule has 3 rings (SSSR count). The highest BCUT2D eigenvalue weighted by molar-refractivity contribution is 7.99. The first-order chi connectivity index (χ1) is 10.1. The summed E-state index contributed by atoms with van der Waals surface area (Å²) in [5.74, 6) is 0. The van der Waals surface area contributed by atoms with Crippen LogP contribution < -0.4 is 5.73 Å². The minimum atomic E-state index is -0.0211. The molecule has 2 heterocycles. The van der Waals surface area contributed by atoms with E-state index >= 15 is 0 Å². The van der Waals surface area contributed by atoms with E-state index in [1.807, 2.05) is 60.0 Å². The molecule has 6 heteroatoms. The molecule has 0 bridgehead atoms. The van der Waals surface area contributed by atoms with Gasteiger partial charge in [0.15, 0.2) is 10.8 Å². The SMILES string of the molecule is CC(N)C(Sc1nnc2ccccn12)c1ccc(Cl)cc1. The van der Waals surface area contributed by atoms with Crippen molar-refractivity contribution in [3.63, 3.8) is 0 Å². The van der Waals surface area contributed by atoms with Crippen LogP contribution in [0, 0.1) is 0 Å². The first-order valence-corrected chi connectivity index (χ1v) is 7.88. The average molecular weight is 319 g/mol. The average Bonchev–Trinajstić information content (AvgIpc) is 2.89. The van der Waals surface area contributed by atoms with E-state index in [0.717, 1.165) is 21.4 Å². The molecule has 0 saturated heterocycles. The van der Waals surface area contributed by atoms with Gasteiger partial charge >= 0.3 is 0 Å². The summed E-state index contributed by atoms with van der Waals surface area (Å²) < 4.78 is 1.97. The fourth-order valence-corrected chi connectivity index (χ4v) is 3.36. The molecule has 2 atom stereocenters. The monoisotopic (exact) mass is 318 g/mol. The number of nitrogens with zero attached hydrogens (tertiary/aromatic N) is 3. The van der Waals surface area contributed by atoms with Gasteiger partial charge in [0.2, 0.25) is 0 Å². The maximum Gasteiger partial charge on any atom is 0.196 e. The summed E-state index contributed by atoms with van der Waals surface area (Å²) in [5, 5.41) is 10.1. The zero-order chi connectivity index (χ0) is 14.8. The molecule has 0 amide bonds. The van der Waals surface area contributed by atoms with Gasteiger partial charge in [-0.1, -0.05) is 41.6 Å². The Labute approximate surface area is 132 Å². The molecule has 2 aromatic heterocycles. The van der Waals surface area contributed by atoms with Crippen molar-refractivity contribution < 1.29 is 0 Å². The van der Waals surface area contributed by atoms with Crippen LogP contribution in [0.5, 0.6) is 0 Å². The van der Waals surface area contributed by atoms with E-state index in [1.54, 1.807) is 11.8 Å². The maximum absolute atomic E-state index is 6.16. The van der Waals surface area contributed by atoms with Crippen molar-refractivity contribution in [2.75, 3.05) is 0 Å². The summed E-state index contributed by atoms with van der Waals surface area (Å²) in [6.45, 7) is 2.00. The van der Waals surface area contributed by atoms with E-state index in [1.165, 1.54) is 0 Å². The van der Waals surface area contributed by atoms with Crippen LogP contribution in [0.1, 0.15) is 17.7 Å². The van der Waals surface area contributed by atoms with Crippen molar-refractivity contribution >= 4 is 29.0 Å². The number of hydrogen-bond donors (Lipinski definition) is 1. The van der Waals surface area contributed by atoms with Gasteiger partial charge in [0.1, 0.15) is 0 Å². The van der Waals surface area contributed by atoms with Crippen LogP contribution >= 0.6 is 23.4 Å². The molecule has 0 saturated carbocycles. The number of pyridine rings is 1. The third-order valence-corrected chi connectivity index (χ3v) is 4.89. The van der Waals surface area contributed by atoms with Crippen molar-refractivity contribution in [2.24, 2.45) is 5.73 Å². The number of aromatic nitrogens is 3. The van der Waals surface area contributed by atoms with Gasteiger partial charge in [0, 0.05) is 17.3 Å².